The molecule has 39 heavy (non-hydrogen) atoms. The quantitative estimate of drug-likeness (QED) is 0.208. The number of nitrogens with one attached hydrogen (secondary N) is 1. The molecule has 0 radical (unpaired) electrons. The molecule has 0 aliphatic rings. The van der Waals surface area contributed by atoms with Crippen LogP contribution in [0.4, 0.5) is 11.8 Å². The lowest BCUT2D eigenvalue weighted by molar-refractivity contribution is -0.121. The normalized spacial score (nSPS) is 10.7. The number of carbonyl (C=O) groups is 2. The summed E-state index contributed by atoms with van der Waals surface area (Å²) in [7, 11) is 3.12. The minimum absolute atomic E-state index is 0.0375. The van der Waals surface area contributed by atoms with Crippen molar-refractivity contribution in [3.63, 3.8) is 0 Å². The van der Waals surface area contributed by atoms with Crippen LogP contribution in [-0.2, 0) is 25.5 Å². The van der Waals surface area contributed by atoms with Gasteiger partial charge in [0.05, 0.1) is 40.6 Å². The minimum atomic E-state index is -0.0375. The Morgan fingerprint density at radius 2 is 1.59 bits per heavy atom. The lowest BCUT2D eigenvalue weighted by Gasteiger charge is -2.16. The van der Waals surface area contributed by atoms with Gasteiger partial charge in [-0.3, -0.25) is 4.79 Å². The molecule has 12 heteroatoms. The van der Waals surface area contributed by atoms with Gasteiger partial charge in [-0.25, -0.2) is 4.98 Å². The lowest BCUT2D eigenvalue weighted by Crippen LogP contribution is -2.27. The average molecular weight is 548 g/mol. The van der Waals surface area contributed by atoms with E-state index < -0.39 is 0 Å². The second-order valence-electron chi connectivity index (χ2n) is 8.83. The summed E-state index contributed by atoms with van der Waals surface area (Å²) in [6, 6.07) is 3.70. The number of anilines is 2. The summed E-state index contributed by atoms with van der Waals surface area (Å²) in [5.41, 5.74) is 13.2. The van der Waals surface area contributed by atoms with Gasteiger partial charge in [0.15, 0.2) is 11.5 Å². The smallest absolute Gasteiger partial charge is 0.221 e. The van der Waals surface area contributed by atoms with Crippen LogP contribution in [-0.4, -0.2) is 75.5 Å². The Balaban J connectivity index is 1.66. The molecule has 0 fully saturated rings. The zero-order chi connectivity index (χ0) is 28.5. The van der Waals surface area contributed by atoms with Crippen molar-refractivity contribution in [3.8, 4) is 17.2 Å². The van der Waals surface area contributed by atoms with Crippen molar-refractivity contribution < 1.29 is 33.3 Å². The van der Waals surface area contributed by atoms with E-state index >= 15 is 0 Å². The van der Waals surface area contributed by atoms with E-state index in [-0.39, 0.29) is 17.6 Å². The summed E-state index contributed by atoms with van der Waals surface area (Å²) in [6.45, 7) is 4.28. The number of hydrogen-bond donors (Lipinski definition) is 3. The number of methoxy groups -OCH3 is 2. The first kappa shape index (κ1) is 31.6. The number of Topliss-reactive ketones (excluding diaryl/α,β-unsaturated/α-hetero) is 1. The van der Waals surface area contributed by atoms with Crippen LogP contribution in [0, 0.1) is 0 Å². The van der Waals surface area contributed by atoms with Crippen LogP contribution in [0.1, 0.15) is 50.2 Å². The molecule has 0 aliphatic carbocycles. The lowest BCUT2D eigenvalue weighted by atomic mass is 10.1. The zero-order valence-electron chi connectivity index (χ0n) is 23.1. The Morgan fingerprint density at radius 3 is 2.23 bits per heavy atom. The fraction of sp³-hybridized carbons (Fsp3) is 0.556. The summed E-state index contributed by atoms with van der Waals surface area (Å²) in [5, 5.41) is 2.84. The van der Waals surface area contributed by atoms with Crippen molar-refractivity contribution in [2.24, 2.45) is 0 Å². The van der Waals surface area contributed by atoms with E-state index in [4.69, 9.17) is 35.2 Å². The van der Waals surface area contributed by atoms with E-state index in [1.807, 2.05) is 12.1 Å². The number of ketones is 1. The van der Waals surface area contributed by atoms with Gasteiger partial charge in [0, 0.05) is 44.2 Å². The van der Waals surface area contributed by atoms with Gasteiger partial charge in [0.1, 0.15) is 11.6 Å². The number of benzene rings is 1. The first-order chi connectivity index (χ1) is 18.8. The van der Waals surface area contributed by atoms with Gasteiger partial charge in [-0.15, -0.1) is 0 Å². The van der Waals surface area contributed by atoms with E-state index in [0.29, 0.717) is 94.7 Å². The maximum Gasteiger partial charge on any atom is 0.221 e. The predicted octanol–water partition coefficient (Wildman–Crippen LogP) is 2.32. The first-order valence-electron chi connectivity index (χ1n) is 13.0. The average Bonchev–Trinajstić information content (AvgIpc) is 2.91. The minimum Gasteiger partial charge on any atom is -0.493 e. The van der Waals surface area contributed by atoms with Crippen LogP contribution >= 0.6 is 0 Å². The van der Waals surface area contributed by atoms with Crippen LogP contribution in [0.15, 0.2) is 18.3 Å². The SMILES string of the molecule is COc1cc(Cc2cnc(N)nc2N)cc(OC)c1OCCCCC(=O)NCCOCCOCCCC(C)=O. The predicted molar refractivity (Wildman–Crippen MR) is 147 cm³/mol. The maximum atomic E-state index is 12.0. The Labute approximate surface area is 229 Å². The van der Waals surface area contributed by atoms with Crippen LogP contribution in [0.25, 0.3) is 0 Å². The number of rotatable bonds is 20. The van der Waals surface area contributed by atoms with Crippen molar-refractivity contribution in [2.45, 2.75) is 45.4 Å². The molecular weight excluding hydrogens is 506 g/mol. The molecule has 0 atom stereocenters. The molecule has 2 aromatic rings. The third-order valence-electron chi connectivity index (χ3n) is 5.63. The molecule has 12 nitrogen and oxygen atoms in total. The number of aromatic nitrogens is 2. The van der Waals surface area contributed by atoms with Crippen molar-refractivity contribution in [1.29, 1.82) is 0 Å². The van der Waals surface area contributed by atoms with E-state index in [2.05, 4.69) is 15.3 Å². The number of hydrogen-bond acceptors (Lipinski definition) is 11. The number of amides is 1. The summed E-state index contributed by atoms with van der Waals surface area (Å²) in [4.78, 5) is 30.9. The number of nitrogens with zero attached hydrogens (tertiary/aromatic N) is 2. The van der Waals surface area contributed by atoms with Crippen molar-refractivity contribution in [3.05, 3.63) is 29.5 Å². The van der Waals surface area contributed by atoms with Gasteiger partial charge >= 0.3 is 0 Å². The van der Waals surface area contributed by atoms with E-state index in [9.17, 15) is 9.59 Å². The van der Waals surface area contributed by atoms with Crippen LogP contribution in [0.5, 0.6) is 17.2 Å². The van der Waals surface area contributed by atoms with Gasteiger partial charge in [-0.05, 0) is 43.9 Å². The second kappa shape index (κ2) is 17.8. The highest BCUT2D eigenvalue weighted by molar-refractivity contribution is 5.75. The molecule has 216 valence electrons. The van der Waals surface area contributed by atoms with Crippen molar-refractivity contribution in [2.75, 3.05) is 65.3 Å². The zero-order valence-corrected chi connectivity index (χ0v) is 23.1. The third-order valence-corrected chi connectivity index (χ3v) is 5.63. The van der Waals surface area contributed by atoms with Crippen LogP contribution in [0.2, 0.25) is 0 Å². The summed E-state index contributed by atoms with van der Waals surface area (Å²) >= 11 is 0. The number of nitrogen functional groups attached to an aromatic ring is 2. The van der Waals surface area contributed by atoms with Crippen LogP contribution in [0.3, 0.4) is 0 Å². The fourth-order valence-corrected chi connectivity index (χ4v) is 3.63. The molecule has 1 aromatic carbocycles. The van der Waals surface area contributed by atoms with Gasteiger partial charge in [0.25, 0.3) is 0 Å². The van der Waals surface area contributed by atoms with Crippen LogP contribution < -0.4 is 31.0 Å². The molecule has 0 saturated heterocycles. The molecule has 1 heterocycles. The topological polar surface area (TPSA) is 170 Å². The molecule has 5 N–H and O–H groups in total. The van der Waals surface area contributed by atoms with Gasteiger partial charge in [-0.2, -0.15) is 4.98 Å². The number of carbonyl (C=O) groups excluding carboxylic acids is 2. The number of unbranched alkanes of at least 4 members (excludes halogenated alkanes) is 1. The Morgan fingerprint density at radius 1 is 0.897 bits per heavy atom. The molecule has 0 saturated carbocycles. The van der Waals surface area contributed by atoms with Gasteiger partial charge < -0.3 is 45.3 Å². The summed E-state index contributed by atoms with van der Waals surface area (Å²) < 4.78 is 27.8. The molecule has 0 unspecified atom stereocenters. The Bertz CT molecular complexity index is 1030. The molecular formula is C27H41N5O7. The summed E-state index contributed by atoms with van der Waals surface area (Å²) in [5.74, 6) is 2.12. The van der Waals surface area contributed by atoms with Gasteiger partial charge in [0.2, 0.25) is 17.6 Å². The van der Waals surface area contributed by atoms with E-state index in [1.165, 1.54) is 0 Å². The number of ether oxygens (including phenoxy) is 5. The Hall–Kier alpha value is -3.64. The third kappa shape index (κ3) is 12.2. The van der Waals surface area contributed by atoms with Crippen molar-refractivity contribution >= 4 is 23.5 Å². The monoisotopic (exact) mass is 547 g/mol. The first-order valence-corrected chi connectivity index (χ1v) is 13.0. The highest BCUT2D eigenvalue weighted by Gasteiger charge is 2.16. The highest BCUT2D eigenvalue weighted by atomic mass is 16.5. The fourth-order valence-electron chi connectivity index (χ4n) is 3.63. The molecule has 0 aliphatic heterocycles. The maximum absolute atomic E-state index is 12.0. The molecule has 2 rings (SSSR count). The van der Waals surface area contributed by atoms with E-state index in [0.717, 1.165) is 17.5 Å². The Kier molecular flexibility index (Phi) is 14.4. The largest absolute Gasteiger partial charge is 0.493 e. The summed E-state index contributed by atoms with van der Waals surface area (Å²) in [6.07, 6.45) is 5.06. The molecule has 1 aromatic heterocycles. The number of nitrogens with two attached hydrogens (primary N) is 2. The van der Waals surface area contributed by atoms with E-state index in [1.54, 1.807) is 27.3 Å². The molecule has 0 spiro atoms. The van der Waals surface area contributed by atoms with Gasteiger partial charge in [-0.1, -0.05) is 0 Å². The highest BCUT2D eigenvalue weighted by Crippen LogP contribution is 2.39. The molecule has 1 amide bonds. The van der Waals surface area contributed by atoms with Crippen molar-refractivity contribution in [1.82, 2.24) is 15.3 Å². The standard InChI is InChI=1S/C27H41N5O7/c1-19(33)7-6-10-37-13-14-38-12-9-30-24(34)8-4-5-11-39-25-22(35-2)16-20(17-23(25)36-3)15-21-18-31-27(29)32-26(21)28/h16-18H,4-15H2,1-3H3,(H,30,34)(H4,28,29,31,32). The second-order valence-corrected chi connectivity index (χ2v) is 8.83. The molecule has 0 bridgehead atoms.